The minimum Gasteiger partial charge on any atom is -0.508 e. The van der Waals surface area contributed by atoms with Crippen LogP contribution in [0.25, 0.3) is 10.9 Å². The van der Waals surface area contributed by atoms with Crippen molar-refractivity contribution in [3.63, 3.8) is 0 Å². The van der Waals surface area contributed by atoms with E-state index in [-0.39, 0.29) is 57.4 Å². The van der Waals surface area contributed by atoms with Crippen molar-refractivity contribution < 1.29 is 39.6 Å². The van der Waals surface area contributed by atoms with Gasteiger partial charge in [-0.05, 0) is 254 Å². The zero-order valence-corrected chi connectivity index (χ0v) is 109. The van der Waals surface area contributed by atoms with Gasteiger partial charge in [0.05, 0.1) is 18.9 Å². The number of benzene rings is 3. The smallest absolute Gasteiger partial charge is 0.303 e. The van der Waals surface area contributed by atoms with E-state index in [1.54, 1.807) is 25.4 Å². The molecule has 0 radical (unpaired) electrons. The first kappa shape index (κ1) is 163. The number of primary amides is 2. The number of aromatic amines is 2. The standard InChI is InChI=1S/C13H17N.C11H16O.C11H16.C8H19N3.C8H14N2.C8H19N.C8H16O2.2C8H18.C7H15NO.C7H16S.C7H16.C6H13NO.C6H12O2.C6H14O.C5H12S/c1-13(2,3)8-10-9-14-12-7-5-4-6-11(10)12;1-11(2,3)8-9-4-6-10(12)7-5-9;1-11(2,3)9-10-7-5-4-6-8-10;1-8(2,3)5-4-6-11-7(9)10;1-8(2,3)4-7-5-9-6-10-7;1-8(2,3)6-4-5-7-9;1-8(2,3)6-4-5-7(9)10;1-7(2)6-8(3,4)5;1-6-7(2)8(3,4)5;1-7(2,3)5-4-6(8)9;1-7(2,3)5-6-8-4;1-6(2)7(3,4)5;2*1-6(2,3)4-5(7)8;1-5(7)6(2,3)4;1-5(2,3)4-6/h4-7,9,14H,8H2,1-3H3;4-7,12H,8H2,1-3H3;4-8H,9H2,1-3H3;4-6H2,1-3H3,(H4,9,10,11);5-6H,4H2,1-3H3,(H,9,10);4-7,9H2,1-3H3;4-6H2,1-3H3,(H,9,10);2*7H,6H2,1-5H3;4-5H2,1-3H3,(H2,8,9);5-6H2,1-4H3;6H,1-5H3;4H2,1-3H3,(H2,7,8);4H2,1-3H3,(H,7,8);5,7H,1-4H3;6H,4H2,1-3H3. The molecule has 2 unspecified atom stereocenters. The normalized spacial score (nSPS) is 12.3. The molecule has 16 N–H and O–H groups in total. The first-order valence-electron chi connectivity index (χ1n) is 54.6. The molecular weight excluding hydrogens is 1840 g/mol. The number of phenolic OH excluding ortho intramolecular Hbond substituents is 1. The summed E-state index contributed by atoms with van der Waals surface area (Å²) >= 11 is 6.03. The summed E-state index contributed by atoms with van der Waals surface area (Å²) in [5.74, 6) is 3.44. The molecule has 2 atom stereocenters. The van der Waals surface area contributed by atoms with Crippen LogP contribution in [-0.4, -0.2) is 102 Å². The number of unbranched alkanes of at least 4 members (excludes halogenated alkanes) is 1. The lowest BCUT2D eigenvalue weighted by atomic mass is 9.81. The quantitative estimate of drug-likeness (QED) is 0.0141. The van der Waals surface area contributed by atoms with Crippen molar-refractivity contribution in [2.45, 2.75) is 509 Å². The molecule has 0 aliphatic heterocycles. The van der Waals surface area contributed by atoms with Crippen molar-refractivity contribution in [3.05, 3.63) is 120 Å². The highest BCUT2D eigenvalue weighted by atomic mass is 32.2. The molecule has 5 aromatic rings. The predicted molar refractivity (Wildman–Crippen MR) is 659 cm³/mol. The molecule has 0 bridgehead atoms. The fourth-order valence-corrected chi connectivity index (χ4v) is 12.2. The van der Waals surface area contributed by atoms with Crippen molar-refractivity contribution in [1.29, 1.82) is 0 Å². The molecule has 0 aliphatic carbocycles. The zero-order chi connectivity index (χ0) is 118. The van der Waals surface area contributed by atoms with Gasteiger partial charge in [0.1, 0.15) is 5.75 Å². The number of aliphatic carboxylic acids is 2. The Kier molecular flexibility index (Phi) is 88.9. The van der Waals surface area contributed by atoms with Crippen LogP contribution >= 0.6 is 24.4 Å². The average molecular weight is 2100 g/mol. The summed E-state index contributed by atoms with van der Waals surface area (Å²) in [5.41, 5.74) is 37.5. The van der Waals surface area contributed by atoms with E-state index in [9.17, 15) is 19.2 Å². The van der Waals surface area contributed by atoms with Crippen molar-refractivity contribution in [2.24, 2.45) is 138 Å². The SMILES string of the molecule is CC(C)(C)CC(=O)O.CC(C)(C)CC(N)=O.CC(C)(C)CCC(N)=O.CC(C)(C)CCCC(=O)O.CC(C)(C)CCCCN.CC(C)(C)CCCN=C(N)N.CC(C)(C)CS.CC(C)(C)Cc1c[nH]c2ccccc12.CC(C)(C)Cc1ccc(O)cc1.CC(C)(C)Cc1ccccc1.CC(C)(C)Cc1cnc[nH]1.CC(C)C(C)(C)C.CC(C)CC(C)(C)C.CC(O)C(C)(C)C.CCC(C)C(C)(C)C.CSCCC(C)(C)C. The third-order valence-electron chi connectivity index (χ3n) is 21.1. The molecule has 0 aliphatic rings. The van der Waals surface area contributed by atoms with Crippen LogP contribution in [-0.2, 0) is 44.9 Å². The summed E-state index contributed by atoms with van der Waals surface area (Å²) in [5, 5.41) is 35.9. The molecule has 2 heterocycles. The Morgan fingerprint density at radius 2 is 0.795 bits per heavy atom. The van der Waals surface area contributed by atoms with E-state index in [2.05, 4.69) is 411 Å². The second kappa shape index (κ2) is 79.9. The summed E-state index contributed by atoms with van der Waals surface area (Å²) < 4.78 is 0. The molecule has 0 saturated carbocycles. The van der Waals surface area contributed by atoms with Crippen LogP contribution in [0.4, 0.5) is 0 Å². The van der Waals surface area contributed by atoms with Gasteiger partial charge >= 0.3 is 11.9 Å². The average Bonchev–Trinajstić information content (AvgIpc) is 1.68. The maximum Gasteiger partial charge on any atom is 0.303 e. The van der Waals surface area contributed by atoms with Crippen molar-refractivity contribution in [2.75, 3.05) is 30.9 Å². The van der Waals surface area contributed by atoms with Gasteiger partial charge in [-0.15, -0.1) is 0 Å². The molecule has 2 amide bonds. The molecule has 2 aromatic heterocycles. The summed E-state index contributed by atoms with van der Waals surface area (Å²) in [4.78, 5) is 54.8. The summed E-state index contributed by atoms with van der Waals surface area (Å²) in [6.07, 6.45) is 26.2. The van der Waals surface area contributed by atoms with Gasteiger partial charge in [0, 0.05) is 54.8 Å². The third-order valence-corrected chi connectivity index (χ3v) is 22.7. The van der Waals surface area contributed by atoms with Gasteiger partial charge in [-0.1, -0.05) is 447 Å². The Labute approximate surface area is 917 Å². The number of carboxylic acid groups (broad SMARTS) is 2. The second-order valence-corrected chi connectivity index (χ2v) is 60.7. The number of para-hydroxylation sites is 1. The summed E-state index contributed by atoms with van der Waals surface area (Å²) in [6, 6.07) is 26.5. The number of H-pyrrole nitrogens is 2. The van der Waals surface area contributed by atoms with E-state index >= 15 is 0 Å². The molecule has 5 rings (SSSR count). The number of carbonyl (C=O) groups is 4. The van der Waals surface area contributed by atoms with Crippen LogP contribution < -0.4 is 28.7 Å². The largest absolute Gasteiger partial charge is 0.508 e. The molecule has 3 aromatic carbocycles. The lowest BCUT2D eigenvalue weighted by molar-refractivity contribution is -0.139. The number of nitrogens with zero attached hydrogens (tertiary/aromatic N) is 2. The molecule has 17 nitrogen and oxygen atoms in total. The van der Waals surface area contributed by atoms with E-state index in [4.69, 9.17) is 49.1 Å². The first-order chi connectivity index (χ1) is 64.7. The van der Waals surface area contributed by atoms with Gasteiger partial charge in [0.25, 0.3) is 0 Å². The number of aromatic nitrogens is 3. The fraction of sp³-hybridized carbons (Fsp3) is 0.780. The number of carbonyl (C=O) groups excluding carboxylic acids is 2. The number of aliphatic hydroxyl groups excluding tert-OH is 1. The number of rotatable bonds is 21. The molecule has 0 spiro atoms. The lowest BCUT2D eigenvalue weighted by Crippen LogP contribution is -2.23. The number of thioether (sulfide) groups is 1. The Bertz CT molecular complexity index is 3870. The molecule has 146 heavy (non-hydrogen) atoms. The number of guanidine groups is 1. The minimum absolute atomic E-state index is 0.0475. The topological polar surface area (TPSA) is 336 Å². The van der Waals surface area contributed by atoms with E-state index in [1.807, 2.05) is 92.4 Å². The van der Waals surface area contributed by atoms with Crippen molar-refractivity contribution in [3.8, 4) is 5.75 Å². The number of nitrogens with one attached hydrogen (secondary N) is 2. The third kappa shape index (κ3) is 156. The molecule has 0 saturated heterocycles. The number of aromatic hydroxyl groups is 1. The highest BCUT2D eigenvalue weighted by Crippen LogP contribution is 2.32. The van der Waals surface area contributed by atoms with Gasteiger partial charge in [-0.3, -0.25) is 24.2 Å². The highest BCUT2D eigenvalue weighted by molar-refractivity contribution is 7.98. The number of imidazole rings is 1. The molecular formula is C127H251N9O8S2. The molecule has 0 fully saturated rings. The monoisotopic (exact) mass is 2090 g/mol. The van der Waals surface area contributed by atoms with Crippen molar-refractivity contribution in [1.82, 2.24) is 15.0 Å². The van der Waals surface area contributed by atoms with Crippen LogP contribution in [0.5, 0.6) is 5.75 Å². The Balaban J connectivity index is -0.000000149. The number of hydrogen-bond acceptors (Lipinski definition) is 11. The minimum atomic E-state index is -0.725. The van der Waals surface area contributed by atoms with Crippen molar-refractivity contribution >= 4 is 65.0 Å². The zero-order valence-electron chi connectivity index (χ0n) is 107. The van der Waals surface area contributed by atoms with Gasteiger partial charge in [-0.25, -0.2) is 4.98 Å². The van der Waals surface area contributed by atoms with E-state index in [0.29, 0.717) is 84.6 Å². The number of aliphatic imine (C=N–C) groups is 1. The Morgan fingerprint density at radius 1 is 0.418 bits per heavy atom. The predicted octanol–water partition coefficient (Wildman–Crippen LogP) is 36.3. The Morgan fingerprint density at radius 3 is 1.03 bits per heavy atom. The van der Waals surface area contributed by atoms with E-state index in [0.717, 1.165) is 94.4 Å². The van der Waals surface area contributed by atoms with Crippen LogP contribution in [0.3, 0.4) is 0 Å². The number of nitrogens with two attached hydrogens (primary N) is 5. The number of amides is 2. The first-order valence-corrected chi connectivity index (χ1v) is 56.6. The number of phenols is 1. The maximum absolute atomic E-state index is 10.3. The highest BCUT2D eigenvalue weighted by Gasteiger charge is 2.22. The van der Waals surface area contributed by atoms with Crippen LogP contribution in [0.1, 0.15) is 500 Å². The van der Waals surface area contributed by atoms with Gasteiger partial charge in [0.15, 0.2) is 5.96 Å². The number of carboxylic acids is 2. The number of fused-ring (bicyclic) bond motifs is 1. The van der Waals surface area contributed by atoms with Gasteiger partial charge < -0.3 is 59.1 Å². The van der Waals surface area contributed by atoms with Crippen LogP contribution in [0, 0.1) is 104 Å². The van der Waals surface area contributed by atoms with Crippen LogP contribution in [0.2, 0.25) is 0 Å². The molecule has 19 heteroatoms. The fourth-order valence-electron chi connectivity index (χ4n) is 11.3. The van der Waals surface area contributed by atoms with E-state index in [1.165, 1.54) is 77.6 Å². The number of aliphatic hydroxyl groups is 1. The van der Waals surface area contributed by atoms with E-state index < -0.39 is 11.9 Å². The van der Waals surface area contributed by atoms with Crippen LogP contribution in [0.15, 0.2) is 103 Å². The Hall–Kier alpha value is -6.02. The van der Waals surface area contributed by atoms with Gasteiger partial charge in [-0.2, -0.15) is 24.4 Å². The number of hydrogen-bond donors (Lipinski definition) is 12. The summed E-state index contributed by atoms with van der Waals surface area (Å²) in [7, 11) is 0. The molecule has 864 valence electrons. The lowest BCUT2D eigenvalue weighted by Gasteiger charge is -2.25. The second-order valence-electron chi connectivity index (χ2n) is 59.4. The maximum atomic E-state index is 10.3. The van der Waals surface area contributed by atoms with Gasteiger partial charge in [0.2, 0.25) is 11.8 Å². The number of thiol groups is 1. The summed E-state index contributed by atoms with van der Waals surface area (Å²) in [6.45, 7) is 122.